The number of rotatable bonds is 2. The molecule has 1 saturated heterocycles. The molecule has 1 fully saturated rings. The van der Waals surface area contributed by atoms with Crippen molar-refractivity contribution in [2.24, 2.45) is 0 Å². The Morgan fingerprint density at radius 1 is 1.07 bits per heavy atom. The van der Waals surface area contributed by atoms with Crippen molar-refractivity contribution < 1.29 is 10.2 Å². The monoisotopic (exact) mass is 193 g/mol. The summed E-state index contributed by atoms with van der Waals surface area (Å²) in [6.07, 6.45) is -1.17. The predicted octanol–water partition coefficient (Wildman–Crippen LogP) is 0.224. The van der Waals surface area contributed by atoms with Crippen LogP contribution < -0.4 is 0 Å². The minimum Gasteiger partial charge on any atom is -0.389 e. The summed E-state index contributed by atoms with van der Waals surface area (Å²) in [5.41, 5.74) is 1.22. The van der Waals surface area contributed by atoms with Gasteiger partial charge < -0.3 is 10.2 Å². The second-order valence-corrected chi connectivity index (χ2v) is 3.81. The van der Waals surface area contributed by atoms with Crippen molar-refractivity contribution in [3.05, 3.63) is 35.9 Å². The number of hydrogen-bond acceptors (Lipinski definition) is 3. The molecule has 2 atom stereocenters. The normalized spacial score (nSPS) is 28.1. The lowest BCUT2D eigenvalue weighted by molar-refractivity contribution is 0.0572. The maximum Gasteiger partial charge on any atom is 0.0938 e. The van der Waals surface area contributed by atoms with Gasteiger partial charge in [0.15, 0.2) is 0 Å². The number of aliphatic hydroxyl groups is 2. The van der Waals surface area contributed by atoms with E-state index >= 15 is 0 Å². The fraction of sp³-hybridized carbons (Fsp3) is 0.455. The van der Waals surface area contributed by atoms with Crippen molar-refractivity contribution in [2.75, 3.05) is 13.1 Å². The van der Waals surface area contributed by atoms with Crippen LogP contribution in [0, 0.1) is 0 Å². The second-order valence-electron chi connectivity index (χ2n) is 3.81. The highest BCUT2D eigenvalue weighted by molar-refractivity contribution is 5.14. The Labute approximate surface area is 83.6 Å². The molecule has 0 amide bonds. The number of likely N-dealkylation sites (tertiary alicyclic amines) is 1. The van der Waals surface area contributed by atoms with E-state index in [1.807, 2.05) is 18.2 Å². The average molecular weight is 193 g/mol. The van der Waals surface area contributed by atoms with Gasteiger partial charge in [-0.25, -0.2) is 0 Å². The highest BCUT2D eigenvalue weighted by Gasteiger charge is 2.28. The topological polar surface area (TPSA) is 43.7 Å². The van der Waals surface area contributed by atoms with E-state index in [1.165, 1.54) is 5.56 Å². The third-order valence-corrected chi connectivity index (χ3v) is 2.58. The molecule has 0 saturated carbocycles. The van der Waals surface area contributed by atoms with Crippen molar-refractivity contribution in [1.29, 1.82) is 0 Å². The van der Waals surface area contributed by atoms with Crippen molar-refractivity contribution >= 4 is 0 Å². The zero-order valence-corrected chi connectivity index (χ0v) is 8.00. The summed E-state index contributed by atoms with van der Waals surface area (Å²) < 4.78 is 0. The lowest BCUT2D eigenvalue weighted by atomic mass is 10.2. The fourth-order valence-corrected chi connectivity index (χ4v) is 1.82. The van der Waals surface area contributed by atoms with Crippen LogP contribution in [-0.2, 0) is 6.54 Å². The smallest absolute Gasteiger partial charge is 0.0938 e. The third-order valence-electron chi connectivity index (χ3n) is 2.58. The molecule has 3 heteroatoms. The van der Waals surface area contributed by atoms with Crippen molar-refractivity contribution in [1.82, 2.24) is 4.90 Å². The zero-order valence-electron chi connectivity index (χ0n) is 8.00. The van der Waals surface area contributed by atoms with Crippen molar-refractivity contribution in [2.45, 2.75) is 18.8 Å². The Balaban J connectivity index is 1.94. The quantitative estimate of drug-likeness (QED) is 0.706. The summed E-state index contributed by atoms with van der Waals surface area (Å²) in [5, 5.41) is 18.7. The van der Waals surface area contributed by atoms with Crippen LogP contribution in [0.5, 0.6) is 0 Å². The number of β-amino-alcohol motifs (C(OH)–C–C–N with tert-alkyl or cyclic N) is 2. The predicted molar refractivity (Wildman–Crippen MR) is 53.7 cm³/mol. The largest absolute Gasteiger partial charge is 0.389 e. The SMILES string of the molecule is OC1CN(Cc2ccccc2)C[C@@H]1O. The Kier molecular flexibility index (Phi) is 2.82. The molecule has 3 nitrogen and oxygen atoms in total. The van der Waals surface area contributed by atoms with Gasteiger partial charge in [-0.3, -0.25) is 4.90 Å². The van der Waals surface area contributed by atoms with E-state index < -0.39 is 12.2 Å². The molecule has 2 rings (SSSR count). The van der Waals surface area contributed by atoms with Crippen LogP contribution in [0.25, 0.3) is 0 Å². The van der Waals surface area contributed by atoms with Gasteiger partial charge in [-0.05, 0) is 5.56 Å². The van der Waals surface area contributed by atoms with Crippen LogP contribution in [0.1, 0.15) is 5.56 Å². The highest BCUT2D eigenvalue weighted by Crippen LogP contribution is 2.13. The van der Waals surface area contributed by atoms with E-state index in [-0.39, 0.29) is 0 Å². The van der Waals surface area contributed by atoms with E-state index in [4.69, 9.17) is 0 Å². The lowest BCUT2D eigenvalue weighted by Crippen LogP contribution is -2.22. The fourth-order valence-electron chi connectivity index (χ4n) is 1.82. The van der Waals surface area contributed by atoms with Crippen LogP contribution in [0.4, 0.5) is 0 Å². The minimum absolute atomic E-state index is 0.566. The van der Waals surface area contributed by atoms with Crippen LogP contribution in [0.3, 0.4) is 0 Å². The number of benzene rings is 1. The van der Waals surface area contributed by atoms with Gasteiger partial charge >= 0.3 is 0 Å². The average Bonchev–Trinajstić information content (AvgIpc) is 2.47. The van der Waals surface area contributed by atoms with Gasteiger partial charge in [0, 0.05) is 19.6 Å². The van der Waals surface area contributed by atoms with E-state index in [1.54, 1.807) is 0 Å². The first-order chi connectivity index (χ1) is 6.75. The Bertz CT molecular complexity index is 279. The molecular weight excluding hydrogens is 178 g/mol. The number of aliphatic hydroxyl groups excluding tert-OH is 2. The standard InChI is InChI=1S/C11H15NO2/c13-10-7-12(8-11(10)14)6-9-4-2-1-3-5-9/h1-5,10-11,13-14H,6-8H2/t10-,11?/m0/s1. The third kappa shape index (κ3) is 2.12. The molecule has 14 heavy (non-hydrogen) atoms. The van der Waals surface area contributed by atoms with Gasteiger partial charge in [0.05, 0.1) is 12.2 Å². The molecule has 1 aromatic carbocycles. The van der Waals surface area contributed by atoms with Gasteiger partial charge in [0.25, 0.3) is 0 Å². The first-order valence-electron chi connectivity index (χ1n) is 4.88. The number of nitrogens with zero attached hydrogens (tertiary/aromatic N) is 1. The van der Waals surface area contributed by atoms with Gasteiger partial charge in [0.2, 0.25) is 0 Å². The summed E-state index contributed by atoms with van der Waals surface area (Å²) in [6, 6.07) is 10.1. The van der Waals surface area contributed by atoms with Gasteiger partial charge in [-0.2, -0.15) is 0 Å². The molecule has 1 aliphatic heterocycles. The molecule has 76 valence electrons. The molecule has 1 aromatic rings. The van der Waals surface area contributed by atoms with Crippen LogP contribution >= 0.6 is 0 Å². The second kappa shape index (κ2) is 4.09. The molecular formula is C11H15NO2. The molecule has 0 aromatic heterocycles. The van der Waals surface area contributed by atoms with Gasteiger partial charge in [0.1, 0.15) is 0 Å². The highest BCUT2D eigenvalue weighted by atomic mass is 16.3. The summed E-state index contributed by atoms with van der Waals surface area (Å²) in [4.78, 5) is 2.06. The van der Waals surface area contributed by atoms with E-state index in [0.717, 1.165) is 6.54 Å². The molecule has 1 aliphatic rings. The molecule has 0 aliphatic carbocycles. The molecule has 1 heterocycles. The van der Waals surface area contributed by atoms with E-state index in [2.05, 4.69) is 17.0 Å². The molecule has 0 spiro atoms. The van der Waals surface area contributed by atoms with Crippen molar-refractivity contribution in [3.63, 3.8) is 0 Å². The summed E-state index contributed by atoms with van der Waals surface area (Å²) in [6.45, 7) is 1.93. The van der Waals surface area contributed by atoms with Crippen LogP contribution in [-0.4, -0.2) is 40.4 Å². The van der Waals surface area contributed by atoms with Gasteiger partial charge in [-0.15, -0.1) is 0 Å². The lowest BCUT2D eigenvalue weighted by Gasteiger charge is -2.14. The molecule has 2 N–H and O–H groups in total. The summed E-state index contributed by atoms with van der Waals surface area (Å²) in [5.74, 6) is 0. The number of hydrogen-bond donors (Lipinski definition) is 2. The van der Waals surface area contributed by atoms with E-state index in [0.29, 0.717) is 13.1 Å². The van der Waals surface area contributed by atoms with Gasteiger partial charge in [-0.1, -0.05) is 30.3 Å². The van der Waals surface area contributed by atoms with Crippen LogP contribution in [0.2, 0.25) is 0 Å². The maximum atomic E-state index is 9.35. The Hall–Kier alpha value is -0.900. The van der Waals surface area contributed by atoms with E-state index in [9.17, 15) is 10.2 Å². The van der Waals surface area contributed by atoms with Crippen LogP contribution in [0.15, 0.2) is 30.3 Å². The first-order valence-corrected chi connectivity index (χ1v) is 4.88. The Morgan fingerprint density at radius 2 is 1.64 bits per heavy atom. The molecule has 0 radical (unpaired) electrons. The summed E-state index contributed by atoms with van der Waals surface area (Å²) in [7, 11) is 0. The first kappa shape index (κ1) is 9.65. The minimum atomic E-state index is -0.585. The Morgan fingerprint density at radius 3 is 2.21 bits per heavy atom. The van der Waals surface area contributed by atoms with Crippen molar-refractivity contribution in [3.8, 4) is 0 Å². The summed E-state index contributed by atoms with van der Waals surface area (Å²) >= 11 is 0. The molecule has 0 bridgehead atoms. The molecule has 1 unspecified atom stereocenters. The maximum absolute atomic E-state index is 9.35. The zero-order chi connectivity index (χ0) is 9.97.